The van der Waals surface area contributed by atoms with Crippen LogP contribution in [0.3, 0.4) is 0 Å². The van der Waals surface area contributed by atoms with Gasteiger partial charge in [-0.05, 0) is 55.7 Å². The molecule has 0 aliphatic rings. The van der Waals surface area contributed by atoms with Gasteiger partial charge in [-0.1, -0.05) is 6.07 Å². The third kappa shape index (κ3) is 2.58. The number of nitrogens with zero attached hydrogens (tertiary/aromatic N) is 2. The van der Waals surface area contributed by atoms with E-state index in [1.54, 1.807) is 22.9 Å². The Morgan fingerprint density at radius 3 is 2.58 bits per heavy atom. The lowest BCUT2D eigenvalue weighted by Crippen LogP contribution is -2.12. The Bertz CT molecular complexity index is 675. The van der Waals surface area contributed by atoms with Gasteiger partial charge >= 0.3 is 0 Å². The van der Waals surface area contributed by atoms with E-state index in [9.17, 15) is 4.79 Å². The Labute approximate surface area is 113 Å². The number of carbonyl (C=O) groups is 1. The summed E-state index contributed by atoms with van der Waals surface area (Å²) in [5.74, 6) is 0.0355. The van der Waals surface area contributed by atoms with E-state index in [0.29, 0.717) is 5.69 Å². The summed E-state index contributed by atoms with van der Waals surface area (Å²) >= 11 is 0. The molecular formula is C16H16N2O. The fourth-order valence-electron chi connectivity index (χ4n) is 2.15. The minimum atomic E-state index is 0.0355. The number of aryl methyl sites for hydroxylation is 3. The van der Waals surface area contributed by atoms with E-state index in [2.05, 4.69) is 6.07 Å². The van der Waals surface area contributed by atoms with Crippen LogP contribution >= 0.6 is 0 Å². The van der Waals surface area contributed by atoms with E-state index in [0.717, 1.165) is 16.7 Å². The average molecular weight is 252 g/mol. The molecule has 0 aliphatic carbocycles. The summed E-state index contributed by atoms with van der Waals surface area (Å²) in [6, 6.07) is 9.53. The van der Waals surface area contributed by atoms with Crippen molar-refractivity contribution in [1.82, 2.24) is 4.57 Å². The monoisotopic (exact) mass is 252 g/mol. The number of hydrogen-bond acceptors (Lipinski definition) is 2. The van der Waals surface area contributed by atoms with Crippen molar-refractivity contribution in [1.29, 1.82) is 5.26 Å². The van der Waals surface area contributed by atoms with E-state index >= 15 is 0 Å². The van der Waals surface area contributed by atoms with Crippen LogP contribution in [0.1, 0.15) is 32.7 Å². The van der Waals surface area contributed by atoms with E-state index < -0.39 is 0 Å². The molecule has 0 saturated carbocycles. The summed E-state index contributed by atoms with van der Waals surface area (Å²) < 4.78 is 1.68. The summed E-state index contributed by atoms with van der Waals surface area (Å²) in [6.45, 7) is 6.19. The Kier molecular flexibility index (Phi) is 3.52. The van der Waals surface area contributed by atoms with E-state index in [1.807, 2.05) is 32.9 Å². The maximum absolute atomic E-state index is 12.3. The number of aromatic nitrogens is 1. The molecule has 1 aromatic heterocycles. The molecule has 19 heavy (non-hydrogen) atoms. The molecule has 0 spiro atoms. The van der Waals surface area contributed by atoms with Crippen LogP contribution < -0.4 is 0 Å². The molecule has 1 heterocycles. The van der Waals surface area contributed by atoms with Crippen molar-refractivity contribution in [2.75, 3.05) is 0 Å². The van der Waals surface area contributed by atoms with Gasteiger partial charge in [0, 0.05) is 11.8 Å². The third-order valence-electron chi connectivity index (χ3n) is 3.40. The molecule has 3 heteroatoms. The quantitative estimate of drug-likeness (QED) is 0.788. The summed E-state index contributed by atoms with van der Waals surface area (Å²) in [5, 5.41) is 8.94. The summed E-state index contributed by atoms with van der Waals surface area (Å²) in [6.07, 6.45) is 1.76. The Morgan fingerprint density at radius 2 is 1.89 bits per heavy atom. The smallest absolute Gasteiger partial charge is 0.182 e. The summed E-state index contributed by atoms with van der Waals surface area (Å²) in [5.41, 5.74) is 4.53. The first kappa shape index (κ1) is 13.1. The summed E-state index contributed by atoms with van der Waals surface area (Å²) in [7, 11) is 0. The maximum Gasteiger partial charge on any atom is 0.182 e. The highest BCUT2D eigenvalue weighted by Crippen LogP contribution is 2.17. The fraction of sp³-hybridized carbons (Fsp3) is 0.250. The molecule has 0 fully saturated rings. The minimum Gasteiger partial charge on any atom is -0.332 e. The van der Waals surface area contributed by atoms with Crippen LogP contribution in [0.25, 0.3) is 0 Å². The number of carbonyl (C=O) groups excluding carboxylic acids is 1. The molecule has 0 atom stereocenters. The topological polar surface area (TPSA) is 45.8 Å². The minimum absolute atomic E-state index is 0.0355. The Morgan fingerprint density at radius 1 is 1.21 bits per heavy atom. The maximum atomic E-state index is 12.3. The molecule has 0 radical (unpaired) electrons. The molecule has 0 aliphatic heterocycles. The zero-order valence-electron chi connectivity index (χ0n) is 11.4. The largest absolute Gasteiger partial charge is 0.332 e. The van der Waals surface area contributed by atoms with E-state index in [4.69, 9.17) is 5.26 Å². The highest BCUT2D eigenvalue weighted by atomic mass is 16.1. The van der Waals surface area contributed by atoms with Gasteiger partial charge in [0.1, 0.15) is 11.8 Å². The number of ketones is 1. The molecule has 0 unspecified atom stereocenters. The van der Waals surface area contributed by atoms with Crippen molar-refractivity contribution in [3.63, 3.8) is 0 Å². The lowest BCUT2D eigenvalue weighted by molar-refractivity contribution is 0.0971. The van der Waals surface area contributed by atoms with Crippen molar-refractivity contribution in [2.24, 2.45) is 0 Å². The Hall–Kier alpha value is -2.34. The van der Waals surface area contributed by atoms with Crippen LogP contribution in [0.5, 0.6) is 0 Å². The first-order chi connectivity index (χ1) is 9.02. The molecule has 0 N–H and O–H groups in total. The van der Waals surface area contributed by atoms with Gasteiger partial charge in [0.2, 0.25) is 0 Å². The van der Waals surface area contributed by atoms with Gasteiger partial charge in [-0.15, -0.1) is 0 Å². The molecule has 0 amide bonds. The molecule has 0 bridgehead atoms. The highest BCUT2D eigenvalue weighted by molar-refractivity contribution is 5.97. The van der Waals surface area contributed by atoms with Crippen LogP contribution in [0, 0.1) is 32.1 Å². The number of hydrogen-bond donors (Lipinski definition) is 0. The number of nitriles is 1. The molecule has 3 nitrogen and oxygen atoms in total. The molecule has 0 saturated heterocycles. The standard InChI is InChI=1S/C16H16N2O/c1-11-7-13(3)15(8-12(11)2)16(19)10-18-6-4-5-14(18)9-17/h4-8H,10H2,1-3H3. The molecule has 2 aromatic rings. The predicted octanol–water partition coefficient (Wildman–Crippen LogP) is 3.17. The lowest BCUT2D eigenvalue weighted by Gasteiger charge is -2.10. The van der Waals surface area contributed by atoms with Gasteiger partial charge in [-0.2, -0.15) is 5.26 Å². The molecular weight excluding hydrogens is 236 g/mol. The van der Waals surface area contributed by atoms with Gasteiger partial charge in [-0.3, -0.25) is 4.79 Å². The van der Waals surface area contributed by atoms with Crippen molar-refractivity contribution in [3.8, 4) is 6.07 Å². The first-order valence-corrected chi connectivity index (χ1v) is 6.19. The zero-order valence-corrected chi connectivity index (χ0v) is 11.4. The molecule has 96 valence electrons. The van der Waals surface area contributed by atoms with Crippen molar-refractivity contribution in [2.45, 2.75) is 27.3 Å². The van der Waals surface area contributed by atoms with Gasteiger partial charge in [0.25, 0.3) is 0 Å². The van der Waals surface area contributed by atoms with Crippen molar-refractivity contribution >= 4 is 5.78 Å². The number of Topliss-reactive ketones (excluding diaryl/α,β-unsaturated/α-hetero) is 1. The second-order valence-corrected chi connectivity index (χ2v) is 4.81. The SMILES string of the molecule is Cc1cc(C)c(C(=O)Cn2cccc2C#N)cc1C. The van der Waals surface area contributed by atoms with Crippen molar-refractivity contribution < 1.29 is 4.79 Å². The van der Waals surface area contributed by atoms with Gasteiger partial charge in [0.15, 0.2) is 5.78 Å². The van der Waals surface area contributed by atoms with Crippen LogP contribution in [0.4, 0.5) is 0 Å². The highest BCUT2D eigenvalue weighted by Gasteiger charge is 2.12. The average Bonchev–Trinajstić information content (AvgIpc) is 2.80. The van der Waals surface area contributed by atoms with Gasteiger partial charge in [-0.25, -0.2) is 0 Å². The van der Waals surface area contributed by atoms with Crippen LogP contribution in [-0.2, 0) is 6.54 Å². The molecule has 2 rings (SSSR count). The first-order valence-electron chi connectivity index (χ1n) is 6.19. The molecule has 1 aromatic carbocycles. The van der Waals surface area contributed by atoms with Crippen LogP contribution in [0.15, 0.2) is 30.5 Å². The zero-order chi connectivity index (χ0) is 14.0. The summed E-state index contributed by atoms with van der Waals surface area (Å²) in [4.78, 5) is 12.3. The number of benzene rings is 1. The van der Waals surface area contributed by atoms with Crippen LogP contribution in [0.2, 0.25) is 0 Å². The second-order valence-electron chi connectivity index (χ2n) is 4.81. The van der Waals surface area contributed by atoms with Crippen LogP contribution in [-0.4, -0.2) is 10.4 Å². The predicted molar refractivity (Wildman–Crippen MR) is 74.1 cm³/mol. The normalized spacial score (nSPS) is 10.2. The fourth-order valence-corrected chi connectivity index (χ4v) is 2.15. The Balaban J connectivity index is 2.31. The number of rotatable bonds is 3. The van der Waals surface area contributed by atoms with Crippen molar-refractivity contribution in [3.05, 3.63) is 58.4 Å². The third-order valence-corrected chi connectivity index (χ3v) is 3.40. The van der Waals surface area contributed by atoms with Gasteiger partial charge in [0.05, 0.1) is 6.54 Å². The second kappa shape index (κ2) is 5.11. The lowest BCUT2D eigenvalue weighted by atomic mass is 9.98. The van der Waals surface area contributed by atoms with Gasteiger partial charge < -0.3 is 4.57 Å². The van der Waals surface area contributed by atoms with E-state index in [-0.39, 0.29) is 12.3 Å². The van der Waals surface area contributed by atoms with E-state index in [1.165, 1.54) is 5.56 Å².